The molecule has 0 aliphatic rings. The van der Waals surface area contributed by atoms with Crippen molar-refractivity contribution >= 4 is 22.8 Å². The Hall–Kier alpha value is -2.30. The quantitative estimate of drug-likeness (QED) is 0.856. The van der Waals surface area contributed by atoms with E-state index in [9.17, 15) is 9.59 Å². The zero-order chi connectivity index (χ0) is 14.9. The minimum atomic E-state index is -0.560. The van der Waals surface area contributed by atoms with Crippen LogP contribution in [-0.2, 0) is 9.47 Å². The summed E-state index contributed by atoms with van der Waals surface area (Å²) in [5, 5.41) is 0.639. The molecule has 0 saturated heterocycles. The molecule has 0 saturated carbocycles. The second kappa shape index (κ2) is 5.00. The van der Waals surface area contributed by atoms with Gasteiger partial charge in [0.2, 0.25) is 0 Å². The molecular weight excluding hydrogens is 258 g/mol. The Morgan fingerprint density at radius 3 is 2.45 bits per heavy atom. The van der Waals surface area contributed by atoms with E-state index in [2.05, 4.69) is 4.98 Å². The zero-order valence-electron chi connectivity index (χ0n) is 11.9. The lowest BCUT2D eigenvalue weighted by Crippen LogP contribution is -2.23. The number of esters is 2. The maximum atomic E-state index is 12.0. The van der Waals surface area contributed by atoms with E-state index in [4.69, 9.17) is 9.47 Å². The van der Waals surface area contributed by atoms with Crippen molar-refractivity contribution < 1.29 is 19.1 Å². The Bertz CT molecular complexity index is 664. The number of nitrogens with one attached hydrogen (secondary N) is 1. The largest absolute Gasteiger partial charge is 0.465 e. The fourth-order valence-corrected chi connectivity index (χ4v) is 1.86. The summed E-state index contributed by atoms with van der Waals surface area (Å²) in [4.78, 5) is 26.6. The molecule has 2 rings (SSSR count). The minimum absolute atomic E-state index is 0.396. The van der Waals surface area contributed by atoms with Crippen LogP contribution < -0.4 is 0 Å². The van der Waals surface area contributed by atoms with Gasteiger partial charge in [-0.1, -0.05) is 0 Å². The lowest BCUT2D eigenvalue weighted by molar-refractivity contribution is 0.00694. The van der Waals surface area contributed by atoms with Crippen molar-refractivity contribution in [3.05, 3.63) is 35.5 Å². The van der Waals surface area contributed by atoms with Crippen molar-refractivity contribution in [2.45, 2.75) is 26.4 Å². The van der Waals surface area contributed by atoms with Crippen LogP contribution in [-0.4, -0.2) is 29.6 Å². The second-order valence-corrected chi connectivity index (χ2v) is 5.46. The highest BCUT2D eigenvalue weighted by molar-refractivity contribution is 6.06. The standard InChI is InChI=1S/C15H17NO4/c1-15(2,3)20-13(17)9-5-6-12-10(7-9)11(8-16-12)14(18)19-4/h5-8,16H,1-4H3. The molecule has 0 amide bonds. The van der Waals surface area contributed by atoms with Crippen LogP contribution >= 0.6 is 0 Å². The summed E-state index contributed by atoms with van der Waals surface area (Å²) in [6, 6.07) is 5.03. The molecule has 1 aromatic heterocycles. The van der Waals surface area contributed by atoms with Gasteiger partial charge in [-0.3, -0.25) is 0 Å². The molecule has 0 radical (unpaired) electrons. The fourth-order valence-electron chi connectivity index (χ4n) is 1.86. The smallest absolute Gasteiger partial charge is 0.340 e. The van der Waals surface area contributed by atoms with Crippen molar-refractivity contribution in [3.63, 3.8) is 0 Å². The Morgan fingerprint density at radius 1 is 1.15 bits per heavy atom. The number of fused-ring (bicyclic) bond motifs is 1. The third-order valence-electron chi connectivity index (χ3n) is 2.72. The van der Waals surface area contributed by atoms with E-state index in [1.807, 2.05) is 0 Å². The predicted molar refractivity (Wildman–Crippen MR) is 74.8 cm³/mol. The molecule has 0 bridgehead atoms. The molecular formula is C15H17NO4. The molecule has 0 fully saturated rings. The Kier molecular flexibility index (Phi) is 3.53. The number of carbonyl (C=O) groups is 2. The fraction of sp³-hybridized carbons (Fsp3) is 0.333. The topological polar surface area (TPSA) is 68.4 Å². The van der Waals surface area contributed by atoms with E-state index >= 15 is 0 Å². The van der Waals surface area contributed by atoms with Crippen LogP contribution in [0.1, 0.15) is 41.5 Å². The van der Waals surface area contributed by atoms with Crippen LogP contribution in [0, 0.1) is 0 Å². The first-order chi connectivity index (χ1) is 9.31. The SMILES string of the molecule is COC(=O)c1c[nH]c2ccc(C(=O)OC(C)(C)C)cc12. The van der Waals surface area contributed by atoms with Crippen LogP contribution in [0.5, 0.6) is 0 Å². The summed E-state index contributed by atoms with van der Waals surface area (Å²) in [7, 11) is 1.32. The van der Waals surface area contributed by atoms with Crippen LogP contribution in [0.3, 0.4) is 0 Å². The molecule has 5 nitrogen and oxygen atoms in total. The van der Waals surface area contributed by atoms with Crippen molar-refractivity contribution in [1.29, 1.82) is 0 Å². The average molecular weight is 275 g/mol. The second-order valence-electron chi connectivity index (χ2n) is 5.46. The molecule has 0 unspecified atom stereocenters. The number of H-pyrrole nitrogens is 1. The molecule has 1 aromatic carbocycles. The maximum Gasteiger partial charge on any atom is 0.340 e. The van der Waals surface area contributed by atoms with Gasteiger partial charge >= 0.3 is 11.9 Å². The lowest BCUT2D eigenvalue weighted by Gasteiger charge is -2.19. The summed E-state index contributed by atoms with van der Waals surface area (Å²) in [5.41, 5.74) is 0.998. The van der Waals surface area contributed by atoms with Gasteiger partial charge in [-0.2, -0.15) is 0 Å². The van der Waals surface area contributed by atoms with Crippen molar-refractivity contribution in [2.75, 3.05) is 7.11 Å². The van der Waals surface area contributed by atoms with Gasteiger partial charge in [-0.15, -0.1) is 0 Å². The van der Waals surface area contributed by atoms with Crippen molar-refractivity contribution in [3.8, 4) is 0 Å². The van der Waals surface area contributed by atoms with Gasteiger partial charge in [-0.05, 0) is 39.0 Å². The molecule has 0 spiro atoms. The van der Waals surface area contributed by atoms with Crippen LogP contribution in [0.4, 0.5) is 0 Å². The Balaban J connectivity index is 2.42. The summed E-state index contributed by atoms with van der Waals surface area (Å²) in [6.45, 7) is 5.42. The number of benzene rings is 1. The van der Waals surface area contributed by atoms with Gasteiger partial charge in [-0.25, -0.2) is 9.59 Å². The van der Waals surface area contributed by atoms with Gasteiger partial charge in [0, 0.05) is 17.1 Å². The molecule has 5 heteroatoms. The first-order valence-corrected chi connectivity index (χ1v) is 6.24. The van der Waals surface area contributed by atoms with Gasteiger partial charge < -0.3 is 14.5 Å². The first-order valence-electron chi connectivity index (χ1n) is 6.24. The summed E-state index contributed by atoms with van der Waals surface area (Å²) in [5.74, 6) is -0.867. The summed E-state index contributed by atoms with van der Waals surface area (Å²) in [6.07, 6.45) is 1.56. The van der Waals surface area contributed by atoms with Crippen molar-refractivity contribution in [2.24, 2.45) is 0 Å². The molecule has 0 aliphatic carbocycles. The molecule has 0 aliphatic heterocycles. The van der Waals surface area contributed by atoms with Gasteiger partial charge in [0.15, 0.2) is 0 Å². The van der Waals surface area contributed by atoms with Gasteiger partial charge in [0.25, 0.3) is 0 Å². The molecule has 0 atom stereocenters. The number of methoxy groups -OCH3 is 1. The van der Waals surface area contributed by atoms with Crippen LogP contribution in [0.25, 0.3) is 10.9 Å². The monoisotopic (exact) mass is 275 g/mol. The van der Waals surface area contributed by atoms with E-state index in [1.165, 1.54) is 7.11 Å². The van der Waals surface area contributed by atoms with E-state index < -0.39 is 17.5 Å². The zero-order valence-corrected chi connectivity index (χ0v) is 11.9. The highest BCUT2D eigenvalue weighted by Crippen LogP contribution is 2.22. The minimum Gasteiger partial charge on any atom is -0.465 e. The predicted octanol–water partition coefficient (Wildman–Crippen LogP) is 2.91. The highest BCUT2D eigenvalue weighted by atomic mass is 16.6. The number of rotatable bonds is 2. The van der Waals surface area contributed by atoms with Gasteiger partial charge in [0.1, 0.15) is 5.60 Å². The van der Waals surface area contributed by atoms with E-state index in [0.29, 0.717) is 16.5 Å². The summed E-state index contributed by atoms with van der Waals surface area (Å²) < 4.78 is 10.0. The Morgan fingerprint density at radius 2 is 1.85 bits per heavy atom. The van der Waals surface area contributed by atoms with E-state index in [1.54, 1.807) is 45.2 Å². The van der Waals surface area contributed by atoms with E-state index in [-0.39, 0.29) is 0 Å². The molecule has 106 valence electrons. The summed E-state index contributed by atoms with van der Waals surface area (Å²) >= 11 is 0. The first kappa shape index (κ1) is 14.1. The average Bonchev–Trinajstić information content (AvgIpc) is 2.78. The van der Waals surface area contributed by atoms with Crippen molar-refractivity contribution in [1.82, 2.24) is 4.98 Å². The van der Waals surface area contributed by atoms with E-state index in [0.717, 1.165) is 5.52 Å². The maximum absolute atomic E-state index is 12.0. The molecule has 20 heavy (non-hydrogen) atoms. The van der Waals surface area contributed by atoms with Crippen LogP contribution in [0.15, 0.2) is 24.4 Å². The van der Waals surface area contributed by atoms with Gasteiger partial charge in [0.05, 0.1) is 18.2 Å². The number of hydrogen-bond acceptors (Lipinski definition) is 4. The van der Waals surface area contributed by atoms with Crippen LogP contribution in [0.2, 0.25) is 0 Å². The third-order valence-corrected chi connectivity index (χ3v) is 2.72. The number of aromatic nitrogens is 1. The lowest BCUT2D eigenvalue weighted by atomic mass is 10.1. The normalized spacial score (nSPS) is 11.4. The number of aromatic amines is 1. The number of carbonyl (C=O) groups excluding carboxylic acids is 2. The number of hydrogen-bond donors (Lipinski definition) is 1. The molecule has 2 aromatic rings. The molecule has 1 heterocycles. The number of ether oxygens (including phenoxy) is 2. The molecule has 1 N–H and O–H groups in total. The Labute approximate surface area is 116 Å². The highest BCUT2D eigenvalue weighted by Gasteiger charge is 2.19. The third kappa shape index (κ3) is 2.82.